The Balaban J connectivity index is 1.42. The van der Waals surface area contributed by atoms with Gasteiger partial charge in [0.2, 0.25) is 0 Å². The van der Waals surface area contributed by atoms with Crippen LogP contribution in [0.2, 0.25) is 0 Å². The minimum Gasteiger partial charge on any atom is -0.392 e. The van der Waals surface area contributed by atoms with Crippen LogP contribution < -0.4 is 0 Å². The van der Waals surface area contributed by atoms with Gasteiger partial charge in [0.25, 0.3) is 0 Å². The Morgan fingerprint density at radius 2 is 1.42 bits per heavy atom. The minimum atomic E-state index is -0.130. The molecular formula is C30H48O. The Labute approximate surface area is 191 Å². The average Bonchev–Trinajstić information content (AvgIpc) is 3.02. The zero-order valence-electron chi connectivity index (χ0n) is 21.1. The van der Waals surface area contributed by atoms with Crippen molar-refractivity contribution in [3.05, 3.63) is 12.2 Å². The van der Waals surface area contributed by atoms with Crippen LogP contribution in [-0.4, -0.2) is 11.2 Å². The van der Waals surface area contributed by atoms with E-state index in [1.54, 1.807) is 0 Å². The van der Waals surface area contributed by atoms with Crippen LogP contribution in [0.4, 0.5) is 0 Å². The molecule has 2 unspecified atom stereocenters. The number of rotatable bonds is 0. The highest BCUT2D eigenvalue weighted by atomic mass is 16.3. The SMILES string of the molecule is C=C1C[C@H](O)[C@]23CC[C@@H]1[C@@H]2CC[C@]1(C)[C@@H]3CCC2[C@@]3(C)CCCC(C)(C)C3CC[C@]21C. The molecule has 31 heavy (non-hydrogen) atoms. The van der Waals surface area contributed by atoms with E-state index in [1.165, 1.54) is 76.2 Å². The second-order valence-corrected chi connectivity index (χ2v) is 14.7. The summed E-state index contributed by atoms with van der Waals surface area (Å²) < 4.78 is 0. The first-order valence-electron chi connectivity index (χ1n) is 13.9. The van der Waals surface area contributed by atoms with E-state index in [4.69, 9.17) is 0 Å². The fourth-order valence-corrected chi connectivity index (χ4v) is 12.6. The number of fused-ring (bicyclic) bond motifs is 5. The van der Waals surface area contributed by atoms with Gasteiger partial charge < -0.3 is 5.11 Å². The summed E-state index contributed by atoms with van der Waals surface area (Å²) in [6.45, 7) is 17.8. The predicted molar refractivity (Wildman–Crippen MR) is 129 cm³/mol. The van der Waals surface area contributed by atoms with Crippen molar-refractivity contribution in [3.63, 3.8) is 0 Å². The molecule has 174 valence electrons. The highest BCUT2D eigenvalue weighted by molar-refractivity contribution is 5.26. The maximum Gasteiger partial charge on any atom is 0.0639 e. The molecule has 1 nitrogen and oxygen atoms in total. The fourth-order valence-electron chi connectivity index (χ4n) is 12.6. The zero-order valence-corrected chi connectivity index (χ0v) is 21.1. The molecule has 0 radical (unpaired) electrons. The summed E-state index contributed by atoms with van der Waals surface area (Å²) in [6.07, 6.45) is 16.1. The molecule has 6 aliphatic carbocycles. The number of aliphatic hydroxyl groups is 1. The van der Waals surface area contributed by atoms with Crippen molar-refractivity contribution in [2.45, 2.75) is 118 Å². The molecule has 6 saturated carbocycles. The lowest BCUT2D eigenvalue weighted by molar-refractivity contribution is -0.259. The van der Waals surface area contributed by atoms with E-state index in [-0.39, 0.29) is 11.5 Å². The summed E-state index contributed by atoms with van der Waals surface area (Å²) in [5.74, 6) is 3.94. The zero-order chi connectivity index (χ0) is 22.0. The maximum atomic E-state index is 11.6. The Kier molecular flexibility index (Phi) is 4.27. The van der Waals surface area contributed by atoms with E-state index in [0.717, 1.165) is 30.1 Å². The van der Waals surface area contributed by atoms with Crippen molar-refractivity contribution < 1.29 is 5.11 Å². The molecule has 0 heterocycles. The molecule has 6 rings (SSSR count). The Morgan fingerprint density at radius 3 is 2.19 bits per heavy atom. The van der Waals surface area contributed by atoms with Crippen LogP contribution in [0.5, 0.6) is 0 Å². The van der Waals surface area contributed by atoms with E-state index in [9.17, 15) is 5.11 Å². The van der Waals surface area contributed by atoms with E-state index < -0.39 is 0 Å². The number of hydrogen-bond donors (Lipinski definition) is 1. The maximum absolute atomic E-state index is 11.6. The standard InChI is InChI=1S/C30H48O/c1-19-18-25(31)30-17-10-20(19)21(30)11-15-29(6)24(30)9-8-23-27(4)14-7-13-26(2,3)22(27)12-16-28(23,29)5/h20-25,31H,1,7-18H2,2-6H3/t20-,21-,22?,23?,24-,25-,27-,28+,29+,30+/m0/s1. The third-order valence-electron chi connectivity index (χ3n) is 13.9. The summed E-state index contributed by atoms with van der Waals surface area (Å²) in [4.78, 5) is 0. The second-order valence-electron chi connectivity index (χ2n) is 14.7. The van der Waals surface area contributed by atoms with Gasteiger partial charge in [-0.15, -0.1) is 0 Å². The Hall–Kier alpha value is -0.300. The van der Waals surface area contributed by atoms with E-state index in [0.29, 0.717) is 27.6 Å². The van der Waals surface area contributed by atoms with Crippen LogP contribution in [0.3, 0.4) is 0 Å². The third kappa shape index (κ3) is 2.29. The van der Waals surface area contributed by atoms with Gasteiger partial charge in [0.05, 0.1) is 6.10 Å². The van der Waals surface area contributed by atoms with Gasteiger partial charge in [-0.1, -0.05) is 53.2 Å². The van der Waals surface area contributed by atoms with Crippen LogP contribution in [-0.2, 0) is 0 Å². The van der Waals surface area contributed by atoms with Crippen LogP contribution in [0, 0.1) is 56.7 Å². The third-order valence-corrected chi connectivity index (χ3v) is 13.9. The first-order valence-corrected chi connectivity index (χ1v) is 13.9. The van der Waals surface area contributed by atoms with Crippen molar-refractivity contribution in [3.8, 4) is 0 Å². The fraction of sp³-hybridized carbons (Fsp3) is 0.933. The molecule has 6 fully saturated rings. The van der Waals surface area contributed by atoms with Crippen molar-refractivity contribution in [2.75, 3.05) is 0 Å². The molecule has 0 amide bonds. The molecule has 0 spiro atoms. The topological polar surface area (TPSA) is 20.2 Å². The van der Waals surface area contributed by atoms with E-state index >= 15 is 0 Å². The first kappa shape index (κ1) is 21.2. The number of aliphatic hydroxyl groups excluding tert-OH is 1. The van der Waals surface area contributed by atoms with E-state index in [1.807, 2.05) is 0 Å². The van der Waals surface area contributed by atoms with Crippen LogP contribution in [0.1, 0.15) is 112 Å². The molecule has 0 aromatic carbocycles. The summed E-state index contributed by atoms with van der Waals surface area (Å²) in [6, 6.07) is 0. The molecule has 10 atom stereocenters. The van der Waals surface area contributed by atoms with Crippen LogP contribution in [0.25, 0.3) is 0 Å². The van der Waals surface area contributed by atoms with Crippen molar-refractivity contribution >= 4 is 0 Å². The smallest absolute Gasteiger partial charge is 0.0639 e. The average molecular weight is 425 g/mol. The molecule has 0 aromatic rings. The molecule has 1 N–H and O–H groups in total. The van der Waals surface area contributed by atoms with Gasteiger partial charge in [-0.3, -0.25) is 0 Å². The highest BCUT2D eigenvalue weighted by Gasteiger charge is 2.73. The summed E-state index contributed by atoms with van der Waals surface area (Å²) >= 11 is 0. The normalized spacial score (nSPS) is 59.9. The molecular weight excluding hydrogens is 376 g/mol. The van der Waals surface area contributed by atoms with Crippen LogP contribution >= 0.6 is 0 Å². The van der Waals surface area contributed by atoms with Gasteiger partial charge in [0.1, 0.15) is 0 Å². The summed E-state index contributed by atoms with van der Waals surface area (Å²) in [5, 5.41) is 11.6. The lowest BCUT2D eigenvalue weighted by Crippen LogP contribution is -2.68. The van der Waals surface area contributed by atoms with Crippen molar-refractivity contribution in [1.29, 1.82) is 0 Å². The molecule has 0 aromatic heterocycles. The number of hydrogen-bond acceptors (Lipinski definition) is 1. The Bertz CT molecular complexity index is 796. The predicted octanol–water partition coefficient (Wildman–Crippen LogP) is 7.78. The first-order chi connectivity index (χ1) is 14.5. The van der Waals surface area contributed by atoms with Gasteiger partial charge in [0.15, 0.2) is 0 Å². The lowest BCUT2D eigenvalue weighted by atomic mass is 9.31. The quantitative estimate of drug-likeness (QED) is 0.394. The molecule has 0 saturated heterocycles. The Morgan fingerprint density at radius 1 is 0.742 bits per heavy atom. The van der Waals surface area contributed by atoms with Crippen molar-refractivity contribution in [1.82, 2.24) is 0 Å². The highest BCUT2D eigenvalue weighted by Crippen LogP contribution is 2.79. The lowest BCUT2D eigenvalue weighted by Gasteiger charge is -2.74. The summed E-state index contributed by atoms with van der Waals surface area (Å²) in [7, 11) is 0. The largest absolute Gasteiger partial charge is 0.392 e. The summed E-state index contributed by atoms with van der Waals surface area (Å²) in [5.41, 5.74) is 3.47. The van der Waals surface area contributed by atoms with Gasteiger partial charge >= 0.3 is 0 Å². The van der Waals surface area contributed by atoms with Crippen LogP contribution in [0.15, 0.2) is 12.2 Å². The molecule has 2 bridgehead atoms. The second kappa shape index (κ2) is 6.22. The van der Waals surface area contributed by atoms with Gasteiger partial charge in [-0.25, -0.2) is 0 Å². The molecule has 1 heteroatoms. The van der Waals surface area contributed by atoms with Gasteiger partial charge in [-0.2, -0.15) is 0 Å². The van der Waals surface area contributed by atoms with Gasteiger partial charge in [0, 0.05) is 5.41 Å². The molecule has 0 aliphatic heterocycles. The molecule has 6 aliphatic rings. The minimum absolute atomic E-state index is 0.130. The van der Waals surface area contributed by atoms with Gasteiger partial charge in [-0.05, 0) is 122 Å². The monoisotopic (exact) mass is 424 g/mol. The van der Waals surface area contributed by atoms with E-state index in [2.05, 4.69) is 41.2 Å². The van der Waals surface area contributed by atoms with Crippen molar-refractivity contribution in [2.24, 2.45) is 56.7 Å².